The largest absolute Gasteiger partial charge is 0.369 e. The van der Waals surface area contributed by atoms with Gasteiger partial charge in [0.25, 0.3) is 0 Å². The van der Waals surface area contributed by atoms with Gasteiger partial charge < -0.3 is 15.1 Å². The summed E-state index contributed by atoms with van der Waals surface area (Å²) in [7, 11) is 4.05. The Labute approximate surface area is 109 Å². The van der Waals surface area contributed by atoms with E-state index in [9.17, 15) is 0 Å². The summed E-state index contributed by atoms with van der Waals surface area (Å²) >= 11 is 0. The second-order valence-corrected chi connectivity index (χ2v) is 4.61. The third-order valence-electron chi connectivity index (χ3n) is 3.23. The van der Waals surface area contributed by atoms with Crippen LogP contribution >= 0.6 is 0 Å². The number of nitrogens with zero attached hydrogens (tertiary/aromatic N) is 4. The first-order valence-electron chi connectivity index (χ1n) is 6.31. The van der Waals surface area contributed by atoms with Crippen molar-refractivity contribution in [3.05, 3.63) is 24.0 Å². The van der Waals surface area contributed by atoms with Gasteiger partial charge in [0.2, 0.25) is 5.95 Å². The van der Waals surface area contributed by atoms with Crippen LogP contribution in [0.15, 0.2) is 12.8 Å². The van der Waals surface area contributed by atoms with E-state index in [-0.39, 0.29) is 0 Å². The van der Waals surface area contributed by atoms with E-state index in [0.717, 1.165) is 49.1 Å². The van der Waals surface area contributed by atoms with Gasteiger partial charge in [0.15, 0.2) is 0 Å². The average Bonchev–Trinajstić information content (AvgIpc) is 2.65. The monoisotopic (exact) mass is 247 g/mol. The Kier molecular flexibility index (Phi) is 3.81. The molecule has 0 radical (unpaired) electrons. The zero-order valence-electron chi connectivity index (χ0n) is 11.4. The summed E-state index contributed by atoms with van der Waals surface area (Å²) in [6, 6.07) is 0. The Balaban J connectivity index is 2.08. The van der Waals surface area contributed by atoms with Gasteiger partial charge in [-0.05, 0) is 6.54 Å². The molecular weight excluding hydrogens is 226 g/mol. The van der Waals surface area contributed by atoms with Crippen molar-refractivity contribution >= 4 is 11.6 Å². The fourth-order valence-electron chi connectivity index (χ4n) is 2.00. The van der Waals surface area contributed by atoms with Crippen molar-refractivity contribution in [2.45, 2.75) is 13.5 Å². The van der Waals surface area contributed by atoms with Gasteiger partial charge in [-0.25, -0.2) is 9.97 Å². The molecule has 18 heavy (non-hydrogen) atoms. The fourth-order valence-corrected chi connectivity index (χ4v) is 2.00. The molecule has 0 aromatic carbocycles. The van der Waals surface area contributed by atoms with Crippen LogP contribution in [0, 0.1) is 0 Å². The molecule has 5 heteroatoms. The topological polar surface area (TPSA) is 44.3 Å². The summed E-state index contributed by atoms with van der Waals surface area (Å²) < 4.78 is 0. The normalized spacial score (nSPS) is 13.9. The molecule has 98 valence electrons. The van der Waals surface area contributed by atoms with Gasteiger partial charge in [0.05, 0.1) is 12.2 Å². The lowest BCUT2D eigenvalue weighted by Gasteiger charge is -2.17. The van der Waals surface area contributed by atoms with Crippen molar-refractivity contribution < 1.29 is 0 Å². The average molecular weight is 247 g/mol. The van der Waals surface area contributed by atoms with Gasteiger partial charge in [0, 0.05) is 44.6 Å². The maximum atomic E-state index is 4.62. The van der Waals surface area contributed by atoms with Crippen LogP contribution in [0.4, 0.5) is 5.95 Å². The van der Waals surface area contributed by atoms with Crippen molar-refractivity contribution in [1.82, 2.24) is 20.2 Å². The summed E-state index contributed by atoms with van der Waals surface area (Å²) in [5, 5.41) is 3.30. The number of anilines is 1. The Morgan fingerprint density at radius 2 is 2.33 bits per heavy atom. The molecule has 1 aliphatic rings. The number of hydrogen-bond acceptors (Lipinski definition) is 5. The molecule has 1 N–H and O–H groups in total. The van der Waals surface area contributed by atoms with E-state index in [0.29, 0.717) is 0 Å². The van der Waals surface area contributed by atoms with Crippen LogP contribution in [-0.2, 0) is 6.54 Å². The molecule has 0 spiro atoms. The molecule has 1 aromatic heterocycles. The van der Waals surface area contributed by atoms with Crippen LogP contribution < -0.4 is 10.2 Å². The molecule has 2 rings (SSSR count). The van der Waals surface area contributed by atoms with Gasteiger partial charge in [-0.3, -0.25) is 0 Å². The van der Waals surface area contributed by atoms with Crippen LogP contribution in [0.5, 0.6) is 0 Å². The Hall–Kier alpha value is -1.62. The molecule has 0 fully saturated rings. The van der Waals surface area contributed by atoms with Gasteiger partial charge in [-0.1, -0.05) is 13.5 Å². The maximum absolute atomic E-state index is 4.62. The predicted molar refractivity (Wildman–Crippen MR) is 74.3 cm³/mol. The highest BCUT2D eigenvalue weighted by Crippen LogP contribution is 2.28. The smallest absolute Gasteiger partial charge is 0.225 e. The van der Waals surface area contributed by atoms with Crippen molar-refractivity contribution in [2.24, 2.45) is 0 Å². The summed E-state index contributed by atoms with van der Waals surface area (Å²) in [5.74, 6) is 0.787. The van der Waals surface area contributed by atoms with E-state index in [1.54, 1.807) is 0 Å². The summed E-state index contributed by atoms with van der Waals surface area (Å²) in [6.07, 6.45) is 1.88. The number of fused-ring (bicyclic) bond motifs is 1. The molecule has 0 atom stereocenters. The maximum Gasteiger partial charge on any atom is 0.225 e. The first-order chi connectivity index (χ1) is 8.63. The van der Waals surface area contributed by atoms with Crippen LogP contribution in [0.25, 0.3) is 5.70 Å². The highest BCUT2D eigenvalue weighted by Gasteiger charge is 2.22. The minimum Gasteiger partial charge on any atom is -0.369 e. The van der Waals surface area contributed by atoms with Crippen LogP contribution in [0.1, 0.15) is 18.2 Å². The Morgan fingerprint density at radius 1 is 1.56 bits per heavy atom. The van der Waals surface area contributed by atoms with Crippen LogP contribution in [0.3, 0.4) is 0 Å². The minimum absolute atomic E-state index is 0.787. The van der Waals surface area contributed by atoms with Crippen LogP contribution in [0.2, 0.25) is 0 Å². The van der Waals surface area contributed by atoms with E-state index in [1.165, 1.54) is 0 Å². The van der Waals surface area contributed by atoms with Crippen molar-refractivity contribution in [2.75, 3.05) is 38.6 Å². The van der Waals surface area contributed by atoms with E-state index >= 15 is 0 Å². The van der Waals surface area contributed by atoms with Crippen molar-refractivity contribution in [1.29, 1.82) is 0 Å². The molecule has 2 heterocycles. The molecule has 0 bridgehead atoms. The van der Waals surface area contributed by atoms with Gasteiger partial charge >= 0.3 is 0 Å². The first-order valence-corrected chi connectivity index (χ1v) is 6.31. The number of hydrogen-bond donors (Lipinski definition) is 1. The Bertz CT molecular complexity index is 443. The summed E-state index contributed by atoms with van der Waals surface area (Å²) in [6.45, 7) is 9.80. The number of aromatic nitrogens is 2. The minimum atomic E-state index is 0.787. The molecule has 1 aliphatic heterocycles. The van der Waals surface area contributed by atoms with Gasteiger partial charge in [-0.2, -0.15) is 0 Å². The van der Waals surface area contributed by atoms with Crippen molar-refractivity contribution in [3.63, 3.8) is 0 Å². The third kappa shape index (κ3) is 2.46. The first kappa shape index (κ1) is 12.8. The zero-order valence-corrected chi connectivity index (χ0v) is 11.4. The molecular formula is C13H21N5. The van der Waals surface area contributed by atoms with Gasteiger partial charge in [0.1, 0.15) is 0 Å². The molecule has 0 saturated carbocycles. The van der Waals surface area contributed by atoms with Crippen molar-refractivity contribution in [3.8, 4) is 0 Å². The number of likely N-dealkylation sites (N-methyl/N-ethyl adjacent to an activating group) is 2. The molecule has 0 aliphatic carbocycles. The predicted octanol–water partition coefficient (Wildman–Crippen LogP) is 0.938. The molecule has 1 aromatic rings. The fraction of sp³-hybridized carbons (Fsp3) is 0.538. The lowest BCUT2D eigenvalue weighted by molar-refractivity contribution is 0.496. The Morgan fingerprint density at radius 3 is 3.06 bits per heavy atom. The lowest BCUT2D eigenvalue weighted by Crippen LogP contribution is -2.30. The molecule has 0 unspecified atom stereocenters. The van der Waals surface area contributed by atoms with Crippen LogP contribution in [-0.4, -0.2) is 48.6 Å². The van der Waals surface area contributed by atoms with E-state index < -0.39 is 0 Å². The highest BCUT2D eigenvalue weighted by atomic mass is 15.3. The SMILES string of the molecule is C=C1c2cnc(N(C)CCNCC)nc2CN1C. The summed E-state index contributed by atoms with van der Waals surface area (Å²) in [5.41, 5.74) is 3.15. The number of nitrogens with one attached hydrogen (secondary N) is 1. The zero-order chi connectivity index (χ0) is 13.1. The molecule has 0 amide bonds. The molecule has 0 saturated heterocycles. The van der Waals surface area contributed by atoms with Gasteiger partial charge in [-0.15, -0.1) is 0 Å². The summed E-state index contributed by atoms with van der Waals surface area (Å²) in [4.78, 5) is 13.2. The lowest BCUT2D eigenvalue weighted by atomic mass is 10.2. The molecule has 5 nitrogen and oxygen atoms in total. The third-order valence-corrected chi connectivity index (χ3v) is 3.23. The second kappa shape index (κ2) is 5.35. The van der Waals surface area contributed by atoms with E-state index in [2.05, 4.69) is 38.6 Å². The number of rotatable bonds is 5. The second-order valence-electron chi connectivity index (χ2n) is 4.61. The quantitative estimate of drug-likeness (QED) is 0.785. The highest BCUT2D eigenvalue weighted by molar-refractivity contribution is 5.67. The van der Waals surface area contributed by atoms with E-state index in [1.807, 2.05) is 20.3 Å². The van der Waals surface area contributed by atoms with E-state index in [4.69, 9.17) is 0 Å². The standard InChI is InChI=1S/C13H21N5/c1-5-14-6-7-17(3)13-15-8-11-10(2)18(4)9-12(11)16-13/h8,14H,2,5-7,9H2,1,3-4H3.